The highest BCUT2D eigenvalue weighted by Gasteiger charge is 2.15. The molecule has 2 N–H and O–H groups in total. The average molecular weight is 372 g/mol. The lowest BCUT2D eigenvalue weighted by Gasteiger charge is -2.09. The van der Waals surface area contributed by atoms with Crippen LogP contribution in [0.15, 0.2) is 48.5 Å². The van der Waals surface area contributed by atoms with Crippen LogP contribution in [0.3, 0.4) is 0 Å². The Morgan fingerprint density at radius 2 is 1.92 bits per heavy atom. The molecule has 0 radical (unpaired) electrons. The van der Waals surface area contributed by atoms with E-state index in [0.717, 1.165) is 22.6 Å². The Kier molecular flexibility index (Phi) is 5.43. The summed E-state index contributed by atoms with van der Waals surface area (Å²) in [6.45, 7) is 1.75. The SMILES string of the molecule is COc1ccc(OCC(=O)Nc2n[nH]c(C)c2-c2cccc(Cl)c2)cc1. The molecule has 0 aliphatic carbocycles. The van der Waals surface area contributed by atoms with Crippen LogP contribution in [0, 0.1) is 6.92 Å². The molecular weight excluding hydrogens is 354 g/mol. The number of hydrogen-bond donors (Lipinski definition) is 2. The number of aromatic amines is 1. The van der Waals surface area contributed by atoms with Crippen LogP contribution in [0.5, 0.6) is 11.5 Å². The monoisotopic (exact) mass is 371 g/mol. The van der Waals surface area contributed by atoms with Crippen molar-refractivity contribution >= 4 is 23.3 Å². The van der Waals surface area contributed by atoms with Gasteiger partial charge in [-0.1, -0.05) is 23.7 Å². The van der Waals surface area contributed by atoms with Gasteiger partial charge in [0.05, 0.1) is 7.11 Å². The lowest BCUT2D eigenvalue weighted by molar-refractivity contribution is -0.118. The van der Waals surface area contributed by atoms with Crippen molar-refractivity contribution in [2.24, 2.45) is 0 Å². The smallest absolute Gasteiger partial charge is 0.263 e. The van der Waals surface area contributed by atoms with Crippen LogP contribution in [0.4, 0.5) is 5.82 Å². The molecule has 7 heteroatoms. The van der Waals surface area contributed by atoms with Crippen LogP contribution in [0.2, 0.25) is 5.02 Å². The van der Waals surface area contributed by atoms with Gasteiger partial charge in [-0.3, -0.25) is 9.89 Å². The van der Waals surface area contributed by atoms with E-state index in [2.05, 4.69) is 15.5 Å². The summed E-state index contributed by atoms with van der Waals surface area (Å²) in [6.07, 6.45) is 0. The Morgan fingerprint density at radius 1 is 1.19 bits per heavy atom. The van der Waals surface area contributed by atoms with E-state index in [-0.39, 0.29) is 12.5 Å². The Hall–Kier alpha value is -2.99. The predicted octanol–water partition coefficient (Wildman–Crippen LogP) is 4.06. The highest BCUT2D eigenvalue weighted by molar-refractivity contribution is 6.30. The van der Waals surface area contributed by atoms with Crippen LogP contribution in [0.25, 0.3) is 11.1 Å². The minimum Gasteiger partial charge on any atom is -0.497 e. The van der Waals surface area contributed by atoms with E-state index >= 15 is 0 Å². The van der Waals surface area contributed by atoms with Crippen LogP contribution in [0.1, 0.15) is 5.69 Å². The number of amides is 1. The molecule has 6 nitrogen and oxygen atoms in total. The number of nitrogens with one attached hydrogen (secondary N) is 2. The van der Waals surface area contributed by atoms with Gasteiger partial charge in [-0.15, -0.1) is 0 Å². The molecule has 0 saturated heterocycles. The van der Waals surface area contributed by atoms with Crippen molar-refractivity contribution < 1.29 is 14.3 Å². The molecule has 1 amide bonds. The average Bonchev–Trinajstić information content (AvgIpc) is 3.00. The first-order valence-corrected chi connectivity index (χ1v) is 8.32. The van der Waals surface area contributed by atoms with Crippen molar-refractivity contribution in [3.63, 3.8) is 0 Å². The van der Waals surface area contributed by atoms with Gasteiger partial charge in [0.1, 0.15) is 11.5 Å². The van der Waals surface area contributed by atoms with Crippen LogP contribution >= 0.6 is 11.6 Å². The molecule has 0 aliphatic rings. The molecule has 3 aromatic rings. The zero-order valence-corrected chi connectivity index (χ0v) is 15.1. The number of aromatic nitrogens is 2. The van der Waals surface area contributed by atoms with E-state index in [1.54, 1.807) is 37.4 Å². The fraction of sp³-hybridized carbons (Fsp3) is 0.158. The predicted molar refractivity (Wildman–Crippen MR) is 101 cm³/mol. The quantitative estimate of drug-likeness (QED) is 0.685. The Morgan fingerprint density at radius 3 is 2.62 bits per heavy atom. The molecule has 0 fully saturated rings. The second kappa shape index (κ2) is 7.93. The van der Waals surface area contributed by atoms with Crippen molar-refractivity contribution in [2.75, 3.05) is 19.0 Å². The van der Waals surface area contributed by atoms with Gasteiger partial charge in [-0.25, -0.2) is 0 Å². The summed E-state index contributed by atoms with van der Waals surface area (Å²) in [5, 5.41) is 10.4. The molecule has 0 spiro atoms. The number of ether oxygens (including phenoxy) is 2. The van der Waals surface area contributed by atoms with Gasteiger partial charge < -0.3 is 14.8 Å². The summed E-state index contributed by atoms with van der Waals surface area (Å²) < 4.78 is 10.6. The maximum absolute atomic E-state index is 12.2. The van der Waals surface area contributed by atoms with Gasteiger partial charge in [0.15, 0.2) is 12.4 Å². The second-order valence-corrected chi connectivity index (χ2v) is 6.03. The summed E-state index contributed by atoms with van der Waals surface area (Å²) in [6, 6.07) is 14.4. The van der Waals surface area contributed by atoms with Gasteiger partial charge in [-0.05, 0) is 48.9 Å². The number of carbonyl (C=O) groups is 1. The van der Waals surface area contributed by atoms with Crippen molar-refractivity contribution in [2.45, 2.75) is 6.92 Å². The topological polar surface area (TPSA) is 76.2 Å². The van der Waals surface area contributed by atoms with Gasteiger partial charge >= 0.3 is 0 Å². The standard InChI is InChI=1S/C19H18ClN3O3/c1-12-18(13-4-3-5-14(20)10-13)19(23-22-12)21-17(24)11-26-16-8-6-15(25-2)7-9-16/h3-10H,11H2,1-2H3,(H2,21,22,23,24). The van der Waals surface area contributed by atoms with E-state index in [0.29, 0.717) is 16.6 Å². The normalized spacial score (nSPS) is 10.4. The minimum atomic E-state index is -0.310. The summed E-state index contributed by atoms with van der Waals surface area (Å²) in [4.78, 5) is 12.2. The lowest BCUT2D eigenvalue weighted by atomic mass is 10.1. The van der Waals surface area contributed by atoms with Gasteiger partial charge in [0.25, 0.3) is 5.91 Å². The summed E-state index contributed by atoms with van der Waals surface area (Å²) in [7, 11) is 1.59. The number of hydrogen-bond acceptors (Lipinski definition) is 4. The molecule has 0 saturated carbocycles. The number of methoxy groups -OCH3 is 1. The zero-order valence-electron chi connectivity index (χ0n) is 14.4. The number of benzene rings is 2. The fourth-order valence-electron chi connectivity index (χ4n) is 2.51. The number of nitrogens with zero attached hydrogens (tertiary/aromatic N) is 1. The molecule has 3 rings (SSSR count). The number of rotatable bonds is 6. The molecular formula is C19H18ClN3O3. The Labute approximate surface area is 156 Å². The summed E-state index contributed by atoms with van der Waals surface area (Å²) in [5.41, 5.74) is 2.50. The first-order chi connectivity index (χ1) is 12.6. The van der Waals surface area contributed by atoms with Crippen molar-refractivity contribution in [3.05, 3.63) is 59.2 Å². The maximum atomic E-state index is 12.2. The maximum Gasteiger partial charge on any atom is 0.263 e. The van der Waals surface area contributed by atoms with Gasteiger partial charge in [0.2, 0.25) is 0 Å². The number of H-pyrrole nitrogens is 1. The van der Waals surface area contributed by atoms with Crippen LogP contribution < -0.4 is 14.8 Å². The first-order valence-electron chi connectivity index (χ1n) is 7.94. The van der Waals surface area contributed by atoms with Crippen LogP contribution in [-0.2, 0) is 4.79 Å². The third kappa shape index (κ3) is 4.15. The highest BCUT2D eigenvalue weighted by atomic mass is 35.5. The fourth-order valence-corrected chi connectivity index (χ4v) is 2.70. The van der Waals surface area contributed by atoms with Crippen LogP contribution in [-0.4, -0.2) is 29.8 Å². The highest BCUT2D eigenvalue weighted by Crippen LogP contribution is 2.31. The summed E-state index contributed by atoms with van der Waals surface area (Å²) in [5.74, 6) is 1.43. The number of halogens is 1. The van der Waals surface area contributed by atoms with E-state index in [4.69, 9.17) is 21.1 Å². The Balaban J connectivity index is 1.68. The van der Waals surface area contributed by atoms with E-state index < -0.39 is 0 Å². The minimum absolute atomic E-state index is 0.132. The number of aryl methyl sites for hydroxylation is 1. The largest absolute Gasteiger partial charge is 0.497 e. The van der Waals surface area contributed by atoms with Crippen molar-refractivity contribution in [1.82, 2.24) is 10.2 Å². The second-order valence-electron chi connectivity index (χ2n) is 5.59. The van der Waals surface area contributed by atoms with Crippen molar-refractivity contribution in [1.29, 1.82) is 0 Å². The molecule has 0 aliphatic heterocycles. The molecule has 0 unspecified atom stereocenters. The molecule has 2 aromatic carbocycles. The van der Waals surface area contributed by atoms with E-state index in [9.17, 15) is 4.79 Å². The van der Waals surface area contributed by atoms with Gasteiger partial charge in [0, 0.05) is 16.3 Å². The molecule has 26 heavy (non-hydrogen) atoms. The molecule has 1 aromatic heterocycles. The third-order valence-corrected chi connectivity index (χ3v) is 3.98. The Bertz CT molecular complexity index is 907. The molecule has 0 bridgehead atoms. The summed E-state index contributed by atoms with van der Waals surface area (Å²) >= 11 is 6.06. The third-order valence-electron chi connectivity index (χ3n) is 3.75. The molecule has 1 heterocycles. The number of carbonyl (C=O) groups excluding carboxylic acids is 1. The lowest BCUT2D eigenvalue weighted by Crippen LogP contribution is -2.20. The van der Waals surface area contributed by atoms with E-state index in [1.165, 1.54) is 0 Å². The zero-order chi connectivity index (χ0) is 18.5. The molecule has 0 atom stereocenters. The number of anilines is 1. The van der Waals surface area contributed by atoms with Gasteiger partial charge in [-0.2, -0.15) is 5.10 Å². The first kappa shape index (κ1) is 17.8. The van der Waals surface area contributed by atoms with E-state index in [1.807, 2.05) is 25.1 Å². The van der Waals surface area contributed by atoms with Crippen molar-refractivity contribution in [3.8, 4) is 22.6 Å². The molecule has 134 valence electrons.